The van der Waals surface area contributed by atoms with Crippen LogP contribution >= 0.6 is 0 Å². The summed E-state index contributed by atoms with van der Waals surface area (Å²) >= 11 is 0. The largest absolute Gasteiger partial charge is 0.348 e. The van der Waals surface area contributed by atoms with Gasteiger partial charge < -0.3 is 4.90 Å². The lowest BCUT2D eigenvalue weighted by Gasteiger charge is -2.38. The van der Waals surface area contributed by atoms with Crippen molar-refractivity contribution < 1.29 is 0 Å². The lowest BCUT2D eigenvalue weighted by atomic mass is 9.91. The van der Waals surface area contributed by atoms with E-state index in [2.05, 4.69) is 47.1 Å². The molecule has 3 aromatic rings. The summed E-state index contributed by atoms with van der Waals surface area (Å²) in [4.78, 5) is 11.4. The minimum atomic E-state index is 0.246. The fraction of sp³-hybridized carbons (Fsp3) is 0.250. The summed E-state index contributed by atoms with van der Waals surface area (Å²) in [7, 11) is 0. The number of hydrogen-bond donors (Lipinski definition) is 0. The second-order valence-electron chi connectivity index (χ2n) is 6.09. The predicted octanol–water partition coefficient (Wildman–Crippen LogP) is 4.02. The molecule has 1 aliphatic rings. The molecule has 4 rings (SSSR count). The Bertz CT molecular complexity index is 942. The molecule has 24 heavy (non-hydrogen) atoms. The molecule has 4 heteroatoms. The minimum absolute atomic E-state index is 0.246. The molecule has 1 unspecified atom stereocenters. The van der Waals surface area contributed by atoms with E-state index in [0.29, 0.717) is 11.2 Å². The molecule has 3 heterocycles. The Morgan fingerprint density at radius 2 is 2.12 bits per heavy atom. The number of hydrogen-bond acceptors (Lipinski definition) is 4. The third-order valence-electron chi connectivity index (χ3n) is 4.76. The second kappa shape index (κ2) is 5.93. The van der Waals surface area contributed by atoms with Gasteiger partial charge in [0, 0.05) is 18.1 Å². The molecule has 1 atom stereocenters. The van der Waals surface area contributed by atoms with Crippen molar-refractivity contribution in [3.05, 3.63) is 65.4 Å². The lowest BCUT2D eigenvalue weighted by molar-refractivity contribution is 0.562. The standard InChI is InChI=1S/C20H18N4/c1-2-18-17-8-4-3-6-14(17)9-11-24(18)20-16(13-21)12-15-7-5-10-22-19(15)23-20/h3-8,10,12,18H,2,9,11H2,1H3. The smallest absolute Gasteiger partial charge is 0.161 e. The van der Waals surface area contributed by atoms with E-state index >= 15 is 0 Å². The zero-order valence-corrected chi connectivity index (χ0v) is 13.6. The Hall–Kier alpha value is -2.93. The van der Waals surface area contributed by atoms with Gasteiger partial charge in [-0.15, -0.1) is 0 Å². The van der Waals surface area contributed by atoms with E-state index in [-0.39, 0.29) is 6.04 Å². The van der Waals surface area contributed by atoms with Gasteiger partial charge in [-0.25, -0.2) is 9.97 Å². The van der Waals surface area contributed by atoms with Gasteiger partial charge in [-0.05, 0) is 42.2 Å². The zero-order valence-electron chi connectivity index (χ0n) is 13.6. The maximum absolute atomic E-state index is 9.63. The fourth-order valence-electron chi connectivity index (χ4n) is 3.64. The topological polar surface area (TPSA) is 52.8 Å². The Balaban J connectivity index is 1.86. The number of benzene rings is 1. The number of pyridine rings is 2. The van der Waals surface area contributed by atoms with Crippen LogP contribution in [0.25, 0.3) is 11.0 Å². The summed E-state index contributed by atoms with van der Waals surface area (Å²) in [6, 6.07) is 16.9. The molecule has 118 valence electrons. The van der Waals surface area contributed by atoms with Gasteiger partial charge in [0.2, 0.25) is 0 Å². The van der Waals surface area contributed by atoms with E-state index in [1.165, 1.54) is 11.1 Å². The van der Waals surface area contributed by atoms with E-state index in [4.69, 9.17) is 4.98 Å². The first kappa shape index (κ1) is 14.6. The van der Waals surface area contributed by atoms with Crippen molar-refractivity contribution in [3.63, 3.8) is 0 Å². The molecule has 2 aromatic heterocycles. The molecule has 0 spiro atoms. The minimum Gasteiger partial charge on any atom is -0.348 e. The van der Waals surface area contributed by atoms with Gasteiger partial charge in [0.15, 0.2) is 5.65 Å². The van der Waals surface area contributed by atoms with E-state index in [1.807, 2.05) is 18.2 Å². The van der Waals surface area contributed by atoms with E-state index in [1.54, 1.807) is 6.20 Å². The molecule has 0 fully saturated rings. The number of fused-ring (bicyclic) bond motifs is 2. The molecule has 0 saturated carbocycles. The van der Waals surface area contributed by atoms with Crippen LogP contribution in [-0.4, -0.2) is 16.5 Å². The molecule has 1 aliphatic heterocycles. The van der Waals surface area contributed by atoms with Gasteiger partial charge in [-0.3, -0.25) is 0 Å². The highest BCUT2D eigenvalue weighted by Gasteiger charge is 2.28. The highest BCUT2D eigenvalue weighted by Crippen LogP contribution is 2.36. The van der Waals surface area contributed by atoms with Crippen LogP contribution in [-0.2, 0) is 6.42 Å². The molecule has 0 aliphatic carbocycles. The predicted molar refractivity (Wildman–Crippen MR) is 94.8 cm³/mol. The highest BCUT2D eigenvalue weighted by molar-refractivity contribution is 5.80. The Labute approximate surface area is 141 Å². The quantitative estimate of drug-likeness (QED) is 0.717. The summed E-state index contributed by atoms with van der Waals surface area (Å²) in [6.45, 7) is 3.06. The van der Waals surface area contributed by atoms with Crippen molar-refractivity contribution >= 4 is 16.9 Å². The van der Waals surface area contributed by atoms with Crippen LogP contribution < -0.4 is 4.90 Å². The maximum atomic E-state index is 9.63. The van der Waals surface area contributed by atoms with Gasteiger partial charge in [-0.2, -0.15) is 5.26 Å². The van der Waals surface area contributed by atoms with Gasteiger partial charge in [0.1, 0.15) is 11.9 Å². The van der Waals surface area contributed by atoms with Crippen LogP contribution in [0.3, 0.4) is 0 Å². The molecule has 4 nitrogen and oxygen atoms in total. The average Bonchev–Trinajstić information content (AvgIpc) is 2.65. The summed E-state index contributed by atoms with van der Waals surface area (Å²) in [5.41, 5.74) is 4.06. The number of anilines is 1. The van der Waals surface area contributed by atoms with Gasteiger partial charge in [0.05, 0.1) is 11.6 Å². The first-order valence-corrected chi connectivity index (χ1v) is 8.32. The van der Waals surface area contributed by atoms with Crippen LogP contribution in [0.15, 0.2) is 48.7 Å². The number of nitriles is 1. The lowest BCUT2D eigenvalue weighted by Crippen LogP contribution is -2.36. The number of rotatable bonds is 2. The van der Waals surface area contributed by atoms with Gasteiger partial charge >= 0.3 is 0 Å². The molecule has 0 saturated heterocycles. The number of nitrogens with zero attached hydrogens (tertiary/aromatic N) is 4. The first-order chi connectivity index (χ1) is 11.8. The summed E-state index contributed by atoms with van der Waals surface area (Å²) < 4.78 is 0. The van der Waals surface area contributed by atoms with Crippen LogP contribution in [0.1, 0.15) is 36.1 Å². The first-order valence-electron chi connectivity index (χ1n) is 8.32. The van der Waals surface area contributed by atoms with Crippen LogP contribution in [0.2, 0.25) is 0 Å². The van der Waals surface area contributed by atoms with Crippen molar-refractivity contribution in [1.29, 1.82) is 5.26 Å². The maximum Gasteiger partial charge on any atom is 0.161 e. The van der Waals surface area contributed by atoms with Crippen LogP contribution in [0.5, 0.6) is 0 Å². The molecule has 0 N–H and O–H groups in total. The van der Waals surface area contributed by atoms with Gasteiger partial charge in [0.25, 0.3) is 0 Å². The molecule has 0 bridgehead atoms. The van der Waals surface area contributed by atoms with Gasteiger partial charge in [-0.1, -0.05) is 31.2 Å². The van der Waals surface area contributed by atoms with Crippen molar-refractivity contribution in [2.24, 2.45) is 0 Å². The van der Waals surface area contributed by atoms with E-state index in [0.717, 1.165) is 30.6 Å². The fourth-order valence-corrected chi connectivity index (χ4v) is 3.64. The highest BCUT2D eigenvalue weighted by atomic mass is 15.2. The van der Waals surface area contributed by atoms with Crippen molar-refractivity contribution in [1.82, 2.24) is 9.97 Å². The second-order valence-corrected chi connectivity index (χ2v) is 6.09. The van der Waals surface area contributed by atoms with Crippen molar-refractivity contribution in [2.45, 2.75) is 25.8 Å². The molecule has 1 aromatic carbocycles. The van der Waals surface area contributed by atoms with Crippen molar-refractivity contribution in [3.8, 4) is 6.07 Å². The third-order valence-corrected chi connectivity index (χ3v) is 4.76. The molecular formula is C20H18N4. The van der Waals surface area contributed by atoms with Crippen molar-refractivity contribution in [2.75, 3.05) is 11.4 Å². The Kier molecular flexibility index (Phi) is 3.62. The number of aromatic nitrogens is 2. The van der Waals surface area contributed by atoms with E-state index in [9.17, 15) is 5.26 Å². The third kappa shape index (κ3) is 2.30. The SMILES string of the molecule is CCC1c2ccccc2CCN1c1nc2ncccc2cc1C#N. The molecule has 0 radical (unpaired) electrons. The normalized spacial score (nSPS) is 16.7. The Morgan fingerprint density at radius 3 is 2.96 bits per heavy atom. The summed E-state index contributed by atoms with van der Waals surface area (Å²) in [5, 5.41) is 10.5. The average molecular weight is 314 g/mol. The summed E-state index contributed by atoms with van der Waals surface area (Å²) in [5.74, 6) is 0.755. The Morgan fingerprint density at radius 1 is 1.25 bits per heavy atom. The van der Waals surface area contributed by atoms with E-state index < -0.39 is 0 Å². The zero-order chi connectivity index (χ0) is 16.5. The summed E-state index contributed by atoms with van der Waals surface area (Å²) in [6.07, 6.45) is 3.69. The van der Waals surface area contributed by atoms with Crippen LogP contribution in [0.4, 0.5) is 5.82 Å². The molecular weight excluding hydrogens is 296 g/mol. The van der Waals surface area contributed by atoms with Crippen LogP contribution in [0, 0.1) is 11.3 Å². The molecule has 0 amide bonds. The monoisotopic (exact) mass is 314 g/mol.